The van der Waals surface area contributed by atoms with Gasteiger partial charge < -0.3 is 4.57 Å². The molecule has 0 spiro atoms. The third kappa shape index (κ3) is 3.67. The maximum absolute atomic E-state index is 13.4. The molecule has 4 rings (SSSR count). The summed E-state index contributed by atoms with van der Waals surface area (Å²) in [5.41, 5.74) is 6.83. The number of benzene rings is 2. The molecule has 2 aromatic carbocycles. The van der Waals surface area contributed by atoms with Crippen molar-refractivity contribution in [2.24, 2.45) is 0 Å². The van der Waals surface area contributed by atoms with Crippen molar-refractivity contribution in [2.45, 2.75) is 27.7 Å². The lowest BCUT2D eigenvalue weighted by molar-refractivity contribution is -0.127. The van der Waals surface area contributed by atoms with Gasteiger partial charge in [0.2, 0.25) is 0 Å². The van der Waals surface area contributed by atoms with Gasteiger partial charge in [0.05, 0.1) is 5.69 Å². The zero-order valence-electron chi connectivity index (χ0n) is 18.8. The predicted molar refractivity (Wildman–Crippen MR) is 132 cm³/mol. The molecule has 0 unspecified atom stereocenters. The third-order valence-corrected chi connectivity index (χ3v) is 6.26. The number of hydrogen-bond acceptors (Lipinski definition) is 3. The highest BCUT2D eigenvalue weighted by Crippen LogP contribution is 2.28. The van der Waals surface area contributed by atoms with Crippen LogP contribution in [0, 0.1) is 27.7 Å². The summed E-state index contributed by atoms with van der Waals surface area (Å²) in [5, 5.41) is 0.172. The predicted octanol–water partition coefficient (Wildman–Crippen LogP) is 4.88. The van der Waals surface area contributed by atoms with Gasteiger partial charge >= 0.3 is 0 Å². The van der Waals surface area contributed by atoms with Gasteiger partial charge in [0.1, 0.15) is 5.57 Å². The van der Waals surface area contributed by atoms with Gasteiger partial charge in [-0.2, -0.15) is 0 Å². The quantitative estimate of drug-likeness (QED) is 0.329. The Balaban J connectivity index is 1.79. The lowest BCUT2D eigenvalue weighted by Crippen LogP contribution is -2.54. The Morgan fingerprint density at radius 2 is 1.31 bits per heavy atom. The minimum absolute atomic E-state index is 0.0887. The average Bonchev–Trinajstić information content (AvgIpc) is 3.05. The van der Waals surface area contributed by atoms with Crippen molar-refractivity contribution in [2.75, 3.05) is 11.9 Å². The molecule has 0 saturated carbocycles. The fourth-order valence-electron chi connectivity index (χ4n) is 3.94. The SMILES string of the molecule is Cc1ccc(N2C(=O)/C(=C\c3cc(C)n(-c4ccc(C)cc4)c3C)C(=O)N(C)C2=S)cc1. The van der Waals surface area contributed by atoms with Crippen LogP contribution in [0.25, 0.3) is 11.8 Å². The van der Waals surface area contributed by atoms with Crippen molar-refractivity contribution < 1.29 is 9.59 Å². The van der Waals surface area contributed by atoms with E-state index >= 15 is 0 Å². The average molecular weight is 444 g/mol. The Bertz CT molecular complexity index is 1270. The topological polar surface area (TPSA) is 45.6 Å². The summed E-state index contributed by atoms with van der Waals surface area (Å²) in [5.74, 6) is -0.814. The molecular formula is C26H25N3O2S. The number of likely N-dealkylation sites (N-methyl/N-ethyl adjacent to an activating group) is 1. The monoisotopic (exact) mass is 443 g/mol. The highest BCUT2D eigenvalue weighted by atomic mass is 32.1. The van der Waals surface area contributed by atoms with E-state index in [0.717, 1.165) is 28.2 Å². The standard InChI is InChI=1S/C26H25N3O2S/c1-16-6-10-21(11-7-16)28-18(3)14-20(19(28)4)15-23-24(30)27(5)26(32)29(25(23)31)22-12-8-17(2)9-13-22/h6-15H,1-5H3/b23-15-. The van der Waals surface area contributed by atoms with Crippen LogP contribution in [0.3, 0.4) is 0 Å². The van der Waals surface area contributed by atoms with E-state index in [1.165, 1.54) is 15.4 Å². The van der Waals surface area contributed by atoms with E-state index < -0.39 is 11.8 Å². The molecule has 1 saturated heterocycles. The molecule has 1 aliphatic rings. The normalized spacial score (nSPS) is 15.8. The van der Waals surface area contributed by atoms with Crippen LogP contribution < -0.4 is 4.90 Å². The molecule has 0 N–H and O–H groups in total. The first-order valence-electron chi connectivity index (χ1n) is 10.4. The lowest BCUT2D eigenvalue weighted by Gasteiger charge is -2.34. The van der Waals surface area contributed by atoms with Crippen molar-refractivity contribution in [1.29, 1.82) is 0 Å². The second kappa shape index (κ2) is 8.20. The summed E-state index contributed by atoms with van der Waals surface area (Å²) in [4.78, 5) is 29.2. The highest BCUT2D eigenvalue weighted by Gasteiger charge is 2.38. The van der Waals surface area contributed by atoms with E-state index in [0.29, 0.717) is 5.69 Å². The molecule has 3 aromatic rings. The number of carbonyl (C=O) groups excluding carboxylic acids is 2. The Hall–Kier alpha value is -3.51. The minimum Gasteiger partial charge on any atom is -0.318 e. The smallest absolute Gasteiger partial charge is 0.270 e. The van der Waals surface area contributed by atoms with E-state index in [9.17, 15) is 9.59 Å². The van der Waals surface area contributed by atoms with Gasteiger partial charge in [-0.1, -0.05) is 35.4 Å². The fourth-order valence-corrected chi connectivity index (χ4v) is 4.21. The molecule has 1 aliphatic heterocycles. The van der Waals surface area contributed by atoms with Crippen molar-refractivity contribution >= 4 is 40.9 Å². The second-order valence-corrected chi connectivity index (χ2v) is 8.54. The van der Waals surface area contributed by atoms with Crippen LogP contribution in [0.5, 0.6) is 0 Å². The number of nitrogens with zero attached hydrogens (tertiary/aromatic N) is 3. The Morgan fingerprint density at radius 1 is 0.781 bits per heavy atom. The van der Waals surface area contributed by atoms with Gasteiger partial charge in [-0.3, -0.25) is 19.4 Å². The largest absolute Gasteiger partial charge is 0.318 e. The maximum Gasteiger partial charge on any atom is 0.270 e. The second-order valence-electron chi connectivity index (χ2n) is 8.18. The number of hydrogen-bond donors (Lipinski definition) is 0. The maximum atomic E-state index is 13.4. The van der Waals surface area contributed by atoms with Crippen LogP contribution in [-0.4, -0.2) is 33.4 Å². The number of aromatic nitrogens is 1. The summed E-state index contributed by atoms with van der Waals surface area (Å²) in [6.07, 6.45) is 1.68. The van der Waals surface area contributed by atoms with Crippen LogP contribution in [0.15, 0.2) is 60.2 Å². The van der Waals surface area contributed by atoms with Crippen LogP contribution in [0.1, 0.15) is 28.1 Å². The van der Waals surface area contributed by atoms with E-state index in [1.807, 2.05) is 51.1 Å². The first-order valence-corrected chi connectivity index (χ1v) is 10.8. The molecule has 5 nitrogen and oxygen atoms in total. The number of rotatable bonds is 3. The molecule has 1 fully saturated rings. The molecular weight excluding hydrogens is 418 g/mol. The van der Waals surface area contributed by atoms with Crippen molar-refractivity contribution in [3.63, 3.8) is 0 Å². The number of amides is 2. The number of aryl methyl sites for hydroxylation is 3. The Kier molecular flexibility index (Phi) is 5.57. The van der Waals surface area contributed by atoms with Gasteiger partial charge in [-0.05, 0) is 81.9 Å². The first-order chi connectivity index (χ1) is 15.2. The molecule has 6 heteroatoms. The van der Waals surface area contributed by atoms with Crippen LogP contribution in [0.4, 0.5) is 5.69 Å². The molecule has 2 amide bonds. The Labute approximate surface area is 193 Å². The number of anilines is 1. The summed E-state index contributed by atoms with van der Waals surface area (Å²) in [7, 11) is 1.60. The molecule has 0 bridgehead atoms. The number of carbonyl (C=O) groups is 2. The molecule has 162 valence electrons. The van der Waals surface area contributed by atoms with E-state index in [-0.39, 0.29) is 10.7 Å². The first kappa shape index (κ1) is 21.7. The summed E-state index contributed by atoms with van der Waals surface area (Å²) in [6.45, 7) is 8.03. The van der Waals surface area contributed by atoms with E-state index in [1.54, 1.807) is 13.1 Å². The zero-order valence-corrected chi connectivity index (χ0v) is 19.7. The summed E-state index contributed by atoms with van der Waals surface area (Å²) in [6, 6.07) is 17.8. The van der Waals surface area contributed by atoms with Gasteiger partial charge in [0.15, 0.2) is 5.11 Å². The summed E-state index contributed by atoms with van der Waals surface area (Å²) >= 11 is 5.44. The van der Waals surface area contributed by atoms with E-state index in [4.69, 9.17) is 12.2 Å². The molecule has 2 heterocycles. The number of thiocarbonyl (C=S) groups is 1. The molecule has 0 aliphatic carbocycles. The summed E-state index contributed by atoms with van der Waals surface area (Å²) < 4.78 is 2.12. The lowest BCUT2D eigenvalue weighted by atomic mass is 10.1. The van der Waals surface area contributed by atoms with Crippen LogP contribution >= 0.6 is 12.2 Å². The van der Waals surface area contributed by atoms with Gasteiger partial charge in [0, 0.05) is 24.1 Å². The van der Waals surface area contributed by atoms with Crippen LogP contribution in [0.2, 0.25) is 0 Å². The minimum atomic E-state index is -0.415. The third-order valence-electron chi connectivity index (χ3n) is 5.80. The molecule has 0 atom stereocenters. The fraction of sp³-hybridized carbons (Fsp3) is 0.192. The van der Waals surface area contributed by atoms with Crippen molar-refractivity contribution in [3.05, 3.63) is 88.2 Å². The van der Waals surface area contributed by atoms with Crippen molar-refractivity contribution in [3.8, 4) is 5.69 Å². The van der Waals surface area contributed by atoms with Gasteiger partial charge in [-0.25, -0.2) is 0 Å². The van der Waals surface area contributed by atoms with E-state index in [2.05, 4.69) is 35.8 Å². The van der Waals surface area contributed by atoms with Gasteiger partial charge in [-0.15, -0.1) is 0 Å². The van der Waals surface area contributed by atoms with Gasteiger partial charge in [0.25, 0.3) is 11.8 Å². The Morgan fingerprint density at radius 3 is 1.88 bits per heavy atom. The zero-order chi connectivity index (χ0) is 23.2. The molecule has 1 aromatic heterocycles. The molecule has 0 radical (unpaired) electrons. The van der Waals surface area contributed by atoms with Crippen LogP contribution in [-0.2, 0) is 9.59 Å². The molecule has 32 heavy (non-hydrogen) atoms. The highest BCUT2D eigenvalue weighted by molar-refractivity contribution is 7.80. The van der Waals surface area contributed by atoms with Crippen molar-refractivity contribution in [1.82, 2.24) is 9.47 Å².